The lowest BCUT2D eigenvalue weighted by atomic mass is 9.41. The SMILES string of the molecule is C=Cc1cccc(C(=O)O[C@H]2CC3[C@](C)(CC[C@H](C)[C@]3(C)COC(C)=O)C3C(O)c4c(cc(-c5cccnc5)oc4=O)O[C@@]32C)c1. The first-order valence-electron chi connectivity index (χ1n) is 15.8. The highest BCUT2D eigenvalue weighted by atomic mass is 16.6. The number of aromatic nitrogens is 1. The van der Waals surface area contributed by atoms with Gasteiger partial charge in [0.25, 0.3) is 0 Å². The van der Waals surface area contributed by atoms with E-state index in [1.54, 1.807) is 54.9 Å². The van der Waals surface area contributed by atoms with E-state index in [-0.39, 0.29) is 41.5 Å². The molecule has 1 aliphatic heterocycles. The summed E-state index contributed by atoms with van der Waals surface area (Å²) in [6, 6.07) is 12.1. The van der Waals surface area contributed by atoms with Crippen molar-refractivity contribution in [3.63, 3.8) is 0 Å². The molecule has 0 amide bonds. The van der Waals surface area contributed by atoms with Crippen LogP contribution in [0, 0.1) is 28.6 Å². The van der Waals surface area contributed by atoms with Gasteiger partial charge in [-0.05, 0) is 73.3 Å². The maximum atomic E-state index is 13.8. The van der Waals surface area contributed by atoms with E-state index >= 15 is 0 Å². The van der Waals surface area contributed by atoms with Gasteiger partial charge in [-0.25, -0.2) is 9.59 Å². The molecule has 9 nitrogen and oxygen atoms in total. The summed E-state index contributed by atoms with van der Waals surface area (Å²) >= 11 is 0. The van der Waals surface area contributed by atoms with Crippen molar-refractivity contribution in [2.45, 2.75) is 71.7 Å². The van der Waals surface area contributed by atoms with Crippen LogP contribution < -0.4 is 10.4 Å². The minimum Gasteiger partial charge on any atom is -0.482 e. The molecule has 2 aliphatic carbocycles. The van der Waals surface area contributed by atoms with Crippen molar-refractivity contribution in [3.8, 4) is 17.1 Å². The summed E-state index contributed by atoms with van der Waals surface area (Å²) in [6.45, 7) is 13.6. The third-order valence-electron chi connectivity index (χ3n) is 11.3. The number of carbonyl (C=O) groups is 2. The van der Waals surface area contributed by atoms with Crippen molar-refractivity contribution < 1.29 is 33.3 Å². The predicted octanol–water partition coefficient (Wildman–Crippen LogP) is 6.40. The van der Waals surface area contributed by atoms with Gasteiger partial charge in [0.05, 0.1) is 18.3 Å². The molecule has 3 aromatic rings. The Hall–Kier alpha value is -4.24. The second kappa shape index (κ2) is 11.5. The molecule has 0 spiro atoms. The summed E-state index contributed by atoms with van der Waals surface area (Å²) in [7, 11) is 0. The lowest BCUT2D eigenvalue weighted by Crippen LogP contribution is -2.70. The molecule has 2 saturated carbocycles. The smallest absolute Gasteiger partial charge is 0.345 e. The first kappa shape index (κ1) is 31.7. The summed E-state index contributed by atoms with van der Waals surface area (Å²) in [5.41, 5.74) is -1.27. The molecule has 2 fully saturated rings. The first-order valence-corrected chi connectivity index (χ1v) is 15.8. The van der Waals surface area contributed by atoms with Crippen molar-refractivity contribution in [1.82, 2.24) is 4.98 Å². The summed E-state index contributed by atoms with van der Waals surface area (Å²) in [4.78, 5) is 43.5. The highest BCUT2D eigenvalue weighted by Gasteiger charge is 2.70. The fraction of sp³-hybridized carbons (Fsp3) is 0.459. The molecule has 3 aliphatic rings. The number of hydrogen-bond donors (Lipinski definition) is 1. The van der Waals surface area contributed by atoms with Gasteiger partial charge in [-0.3, -0.25) is 9.78 Å². The van der Waals surface area contributed by atoms with Crippen LogP contribution in [0.1, 0.15) is 81.5 Å². The summed E-state index contributed by atoms with van der Waals surface area (Å²) in [5, 5.41) is 12.3. The second-order valence-electron chi connectivity index (χ2n) is 13.9. The molecule has 242 valence electrons. The lowest BCUT2D eigenvalue weighted by Gasteiger charge is -2.66. The van der Waals surface area contributed by atoms with Crippen molar-refractivity contribution in [2.24, 2.45) is 28.6 Å². The van der Waals surface area contributed by atoms with Gasteiger partial charge in [-0.15, -0.1) is 0 Å². The Morgan fingerprint density at radius 2 is 1.96 bits per heavy atom. The number of hydrogen-bond acceptors (Lipinski definition) is 9. The van der Waals surface area contributed by atoms with Crippen LogP contribution in [0.5, 0.6) is 5.75 Å². The fourth-order valence-electron chi connectivity index (χ4n) is 8.69. The van der Waals surface area contributed by atoms with Gasteiger partial charge in [-0.2, -0.15) is 0 Å². The second-order valence-corrected chi connectivity index (χ2v) is 13.9. The van der Waals surface area contributed by atoms with E-state index in [1.165, 1.54) is 6.92 Å². The maximum Gasteiger partial charge on any atom is 0.345 e. The zero-order valence-corrected chi connectivity index (χ0v) is 26.9. The predicted molar refractivity (Wildman–Crippen MR) is 171 cm³/mol. The van der Waals surface area contributed by atoms with Crippen molar-refractivity contribution in [2.75, 3.05) is 6.61 Å². The number of esters is 2. The van der Waals surface area contributed by atoms with E-state index in [0.717, 1.165) is 18.4 Å². The Morgan fingerprint density at radius 1 is 1.17 bits per heavy atom. The normalized spacial score (nSPS) is 33.0. The summed E-state index contributed by atoms with van der Waals surface area (Å²) in [5.74, 6) is -1.14. The van der Waals surface area contributed by atoms with Crippen molar-refractivity contribution in [3.05, 3.63) is 88.5 Å². The molecule has 1 aromatic carbocycles. The van der Waals surface area contributed by atoms with Gasteiger partial charge in [0.15, 0.2) is 0 Å². The van der Waals surface area contributed by atoms with E-state index < -0.39 is 46.2 Å². The van der Waals surface area contributed by atoms with E-state index in [1.807, 2.05) is 13.0 Å². The van der Waals surface area contributed by atoms with E-state index in [4.69, 9.17) is 18.6 Å². The fourth-order valence-corrected chi connectivity index (χ4v) is 8.69. The number of benzene rings is 1. The van der Waals surface area contributed by atoms with Crippen LogP contribution in [0.15, 0.2) is 70.6 Å². The number of fused-ring (bicyclic) bond motifs is 4. The number of carbonyl (C=O) groups excluding carboxylic acids is 2. The molecular weight excluding hydrogens is 586 g/mol. The molecule has 2 aromatic heterocycles. The van der Waals surface area contributed by atoms with Crippen LogP contribution in [-0.2, 0) is 14.3 Å². The van der Waals surface area contributed by atoms with Crippen LogP contribution >= 0.6 is 0 Å². The number of nitrogens with zero attached hydrogens (tertiary/aromatic N) is 1. The van der Waals surface area contributed by atoms with Gasteiger partial charge in [0, 0.05) is 42.3 Å². The molecule has 9 heteroatoms. The molecule has 1 N–H and O–H groups in total. The zero-order valence-electron chi connectivity index (χ0n) is 26.9. The van der Waals surface area contributed by atoms with Crippen molar-refractivity contribution >= 4 is 18.0 Å². The molecule has 6 rings (SSSR count). The number of aliphatic hydroxyl groups is 1. The summed E-state index contributed by atoms with van der Waals surface area (Å²) < 4.78 is 24.6. The van der Waals surface area contributed by atoms with Crippen molar-refractivity contribution in [1.29, 1.82) is 0 Å². The van der Waals surface area contributed by atoms with E-state index in [0.29, 0.717) is 17.5 Å². The standard InChI is InChI=1S/C37H41NO8/c1-7-23-10-8-11-24(16-23)33(41)45-29-18-28-35(4,14-13-21(2)36(28,5)20-43-22(3)39)32-31(40)30-27(46-37(29,32)6)17-26(44-34(30)42)25-12-9-15-38-19-25/h7-12,15-17,19,21,28-29,31-32,40H,1,13-14,18,20H2,2-6H3/t21-,28?,29-,31?,32?,35-,36-,37+/m0/s1. The Bertz CT molecular complexity index is 1730. The number of pyridine rings is 1. The highest BCUT2D eigenvalue weighted by molar-refractivity contribution is 5.90. The van der Waals surface area contributed by atoms with Gasteiger partial charge in [0.2, 0.25) is 0 Å². The Balaban J connectivity index is 1.49. The van der Waals surface area contributed by atoms with E-state index in [2.05, 4.69) is 32.3 Å². The molecule has 3 unspecified atom stereocenters. The van der Waals surface area contributed by atoms with Crippen LogP contribution in [0.3, 0.4) is 0 Å². The molecule has 3 heterocycles. The van der Waals surface area contributed by atoms with Gasteiger partial charge in [-0.1, -0.05) is 45.6 Å². The number of ether oxygens (including phenoxy) is 3. The lowest BCUT2D eigenvalue weighted by molar-refractivity contribution is -0.257. The monoisotopic (exact) mass is 627 g/mol. The van der Waals surface area contributed by atoms with E-state index in [9.17, 15) is 19.5 Å². The Kier molecular flexibility index (Phi) is 7.95. The number of rotatable bonds is 6. The Labute approximate surface area is 268 Å². The van der Waals surface area contributed by atoms with Crippen LogP contribution in [-0.4, -0.2) is 40.3 Å². The average molecular weight is 628 g/mol. The molecule has 0 bridgehead atoms. The third kappa shape index (κ3) is 5.05. The van der Waals surface area contributed by atoms with Crippen LogP contribution in [0.25, 0.3) is 17.4 Å². The maximum absolute atomic E-state index is 13.8. The van der Waals surface area contributed by atoms with Crippen LogP contribution in [0.4, 0.5) is 0 Å². The molecule has 0 radical (unpaired) electrons. The van der Waals surface area contributed by atoms with Gasteiger partial charge in [0.1, 0.15) is 28.8 Å². The molecule has 0 saturated heterocycles. The minimum atomic E-state index is -1.28. The molecular formula is C37H41NO8. The molecule has 8 atom stereocenters. The quantitative estimate of drug-likeness (QED) is 0.309. The molecule has 46 heavy (non-hydrogen) atoms. The van der Waals surface area contributed by atoms with Gasteiger partial charge >= 0.3 is 17.6 Å². The average Bonchev–Trinajstić information content (AvgIpc) is 3.03. The topological polar surface area (TPSA) is 125 Å². The van der Waals surface area contributed by atoms with Gasteiger partial charge < -0.3 is 23.7 Å². The minimum absolute atomic E-state index is 0.0426. The van der Waals surface area contributed by atoms with Crippen LogP contribution in [0.2, 0.25) is 0 Å². The zero-order chi connectivity index (χ0) is 33.0. The highest BCUT2D eigenvalue weighted by Crippen LogP contribution is 2.68. The first-order chi connectivity index (χ1) is 21.8. The Morgan fingerprint density at radius 3 is 2.65 bits per heavy atom. The third-order valence-corrected chi connectivity index (χ3v) is 11.3. The summed E-state index contributed by atoms with van der Waals surface area (Å²) in [6.07, 6.45) is 4.69. The number of aliphatic hydroxyl groups excluding tert-OH is 1. The largest absolute Gasteiger partial charge is 0.482 e.